The van der Waals surface area contributed by atoms with Crippen molar-refractivity contribution in [2.75, 3.05) is 26.8 Å². The van der Waals surface area contributed by atoms with Gasteiger partial charge in [0.25, 0.3) is 0 Å². The molecule has 8 heteroatoms. The van der Waals surface area contributed by atoms with Crippen LogP contribution < -0.4 is 10.6 Å². The van der Waals surface area contributed by atoms with Gasteiger partial charge in [0, 0.05) is 45.2 Å². The van der Waals surface area contributed by atoms with Gasteiger partial charge in [0.15, 0.2) is 11.8 Å². The molecule has 0 atom stereocenters. The van der Waals surface area contributed by atoms with Crippen LogP contribution in [0.15, 0.2) is 29.4 Å². The Morgan fingerprint density at radius 1 is 1.22 bits per heavy atom. The summed E-state index contributed by atoms with van der Waals surface area (Å²) in [4.78, 5) is 8.76. The number of nitrogens with zero attached hydrogens (tertiary/aromatic N) is 4. The minimum atomic E-state index is 0. The Labute approximate surface area is 179 Å². The molecule has 2 heterocycles. The van der Waals surface area contributed by atoms with Crippen LogP contribution in [0, 0.1) is 13.8 Å². The van der Waals surface area contributed by atoms with Crippen LogP contribution in [0.25, 0.3) is 5.82 Å². The highest BCUT2D eigenvalue weighted by atomic mass is 127. The van der Waals surface area contributed by atoms with Gasteiger partial charge in [-0.15, -0.1) is 24.0 Å². The molecule has 0 amide bonds. The second-order valence-corrected chi connectivity index (χ2v) is 6.12. The molecule has 0 spiro atoms. The predicted octanol–water partition coefficient (Wildman–Crippen LogP) is 2.98. The highest BCUT2D eigenvalue weighted by Crippen LogP contribution is 2.10. The molecule has 0 saturated heterocycles. The van der Waals surface area contributed by atoms with Crippen LogP contribution in [0.4, 0.5) is 0 Å². The van der Waals surface area contributed by atoms with Crippen LogP contribution in [0.5, 0.6) is 0 Å². The average molecular weight is 486 g/mol. The Kier molecular flexibility index (Phi) is 11.0. The normalized spacial score (nSPS) is 11.2. The molecule has 0 aliphatic carbocycles. The fraction of sp³-hybridized carbons (Fsp3) is 0.526. The van der Waals surface area contributed by atoms with Crippen molar-refractivity contribution in [1.82, 2.24) is 25.4 Å². The van der Waals surface area contributed by atoms with Gasteiger partial charge in [0.1, 0.15) is 0 Å². The summed E-state index contributed by atoms with van der Waals surface area (Å²) < 4.78 is 7.19. The third-order valence-electron chi connectivity index (χ3n) is 3.93. The molecule has 0 aliphatic rings. The molecule has 0 aromatic carbocycles. The number of aryl methyl sites for hydroxylation is 2. The van der Waals surface area contributed by atoms with Gasteiger partial charge in [-0.05, 0) is 51.3 Å². The number of aliphatic imine (C=N–C) groups is 1. The number of aromatic nitrogens is 3. The van der Waals surface area contributed by atoms with Gasteiger partial charge in [-0.25, -0.2) is 9.67 Å². The van der Waals surface area contributed by atoms with Gasteiger partial charge in [-0.3, -0.25) is 4.99 Å². The minimum Gasteiger partial charge on any atom is -0.382 e. The van der Waals surface area contributed by atoms with E-state index in [4.69, 9.17) is 4.74 Å². The lowest BCUT2D eigenvalue weighted by Gasteiger charge is -2.12. The number of unbranched alkanes of at least 4 members (excludes halogenated alkanes) is 1. The predicted molar refractivity (Wildman–Crippen MR) is 120 cm³/mol. The van der Waals surface area contributed by atoms with Crippen molar-refractivity contribution in [3.8, 4) is 5.82 Å². The molecule has 7 nitrogen and oxygen atoms in total. The molecule has 0 unspecified atom stereocenters. The van der Waals surface area contributed by atoms with E-state index < -0.39 is 0 Å². The second-order valence-electron chi connectivity index (χ2n) is 6.12. The van der Waals surface area contributed by atoms with Crippen molar-refractivity contribution in [3.05, 3.63) is 41.3 Å². The van der Waals surface area contributed by atoms with Crippen molar-refractivity contribution >= 4 is 29.9 Å². The molecule has 0 radical (unpaired) electrons. The van der Waals surface area contributed by atoms with Crippen molar-refractivity contribution in [1.29, 1.82) is 0 Å². The third kappa shape index (κ3) is 7.84. The maximum atomic E-state index is 5.34. The number of hydrogen-bond acceptors (Lipinski definition) is 4. The van der Waals surface area contributed by atoms with Crippen LogP contribution >= 0.6 is 24.0 Å². The topological polar surface area (TPSA) is 76.4 Å². The molecular weight excluding hydrogens is 455 g/mol. The zero-order valence-electron chi connectivity index (χ0n) is 16.7. The van der Waals surface area contributed by atoms with Crippen LogP contribution in [0.2, 0.25) is 0 Å². The van der Waals surface area contributed by atoms with Gasteiger partial charge < -0.3 is 15.4 Å². The maximum absolute atomic E-state index is 5.34. The number of rotatable bonds is 9. The molecule has 2 aromatic heterocycles. The Bertz CT molecular complexity index is 699. The fourth-order valence-corrected chi connectivity index (χ4v) is 2.59. The number of nitrogens with one attached hydrogen (secondary N) is 2. The summed E-state index contributed by atoms with van der Waals surface area (Å²) >= 11 is 0. The van der Waals surface area contributed by atoms with E-state index in [-0.39, 0.29) is 24.0 Å². The maximum Gasteiger partial charge on any atom is 0.191 e. The number of halogens is 1. The van der Waals surface area contributed by atoms with Gasteiger partial charge in [0.05, 0.1) is 5.69 Å². The summed E-state index contributed by atoms with van der Waals surface area (Å²) in [6.07, 6.45) is 3.98. The van der Waals surface area contributed by atoms with E-state index in [0.717, 1.165) is 61.3 Å². The van der Waals surface area contributed by atoms with Crippen LogP contribution in [-0.2, 0) is 11.3 Å². The molecular formula is C19H31IN6O. The van der Waals surface area contributed by atoms with Gasteiger partial charge >= 0.3 is 0 Å². The summed E-state index contributed by atoms with van der Waals surface area (Å²) in [7, 11) is 1.78. The molecule has 150 valence electrons. The van der Waals surface area contributed by atoms with Gasteiger partial charge in [-0.2, -0.15) is 5.10 Å². The third-order valence-corrected chi connectivity index (χ3v) is 3.93. The number of ether oxygens (including phenoxy) is 1. The van der Waals surface area contributed by atoms with E-state index in [1.807, 2.05) is 43.8 Å². The largest absolute Gasteiger partial charge is 0.382 e. The SMILES string of the molecule is CCOCCCCNC(=NC)NCc1ccc(-n2nc(C)cc2C)nc1.I. The first-order chi connectivity index (χ1) is 12.6. The van der Waals surface area contributed by atoms with Crippen molar-refractivity contribution in [3.63, 3.8) is 0 Å². The Balaban J connectivity index is 0.00000364. The van der Waals surface area contributed by atoms with Crippen molar-refractivity contribution in [2.24, 2.45) is 4.99 Å². The molecule has 0 fully saturated rings. The Morgan fingerprint density at radius 2 is 2.04 bits per heavy atom. The molecule has 2 aromatic rings. The van der Waals surface area contributed by atoms with Gasteiger partial charge in [0.2, 0.25) is 0 Å². The lowest BCUT2D eigenvalue weighted by Crippen LogP contribution is -2.37. The van der Waals surface area contributed by atoms with E-state index in [2.05, 4.69) is 31.8 Å². The molecule has 2 rings (SSSR count). The van der Waals surface area contributed by atoms with E-state index in [9.17, 15) is 0 Å². The van der Waals surface area contributed by atoms with E-state index in [1.165, 1.54) is 0 Å². The number of hydrogen-bond donors (Lipinski definition) is 2. The molecule has 0 aliphatic heterocycles. The average Bonchev–Trinajstić information content (AvgIpc) is 2.99. The first-order valence-electron chi connectivity index (χ1n) is 9.15. The summed E-state index contributed by atoms with van der Waals surface area (Å²) in [6, 6.07) is 6.09. The summed E-state index contributed by atoms with van der Waals surface area (Å²) in [6.45, 7) is 9.17. The van der Waals surface area contributed by atoms with Crippen LogP contribution in [0.1, 0.15) is 36.7 Å². The molecule has 27 heavy (non-hydrogen) atoms. The molecule has 0 saturated carbocycles. The van der Waals surface area contributed by atoms with E-state index in [1.54, 1.807) is 7.05 Å². The first kappa shape index (κ1) is 23.4. The summed E-state index contributed by atoms with van der Waals surface area (Å²) in [5.41, 5.74) is 3.16. The number of guanidine groups is 1. The fourth-order valence-electron chi connectivity index (χ4n) is 2.59. The standard InChI is InChI=1S/C19H30N6O.HI/c1-5-26-11-7-6-10-21-19(20-4)23-14-17-8-9-18(22-13-17)25-16(3)12-15(2)24-25;/h8-9,12-13H,5-7,10-11,14H2,1-4H3,(H2,20,21,23);1H. The Hall–Kier alpha value is -1.68. The van der Waals surface area contributed by atoms with E-state index in [0.29, 0.717) is 6.54 Å². The van der Waals surface area contributed by atoms with Crippen LogP contribution in [0.3, 0.4) is 0 Å². The Morgan fingerprint density at radius 3 is 2.63 bits per heavy atom. The molecule has 0 bridgehead atoms. The van der Waals surface area contributed by atoms with Crippen molar-refractivity contribution < 1.29 is 4.74 Å². The zero-order chi connectivity index (χ0) is 18.8. The smallest absolute Gasteiger partial charge is 0.191 e. The highest BCUT2D eigenvalue weighted by molar-refractivity contribution is 14.0. The highest BCUT2D eigenvalue weighted by Gasteiger charge is 2.05. The summed E-state index contributed by atoms with van der Waals surface area (Å²) in [5, 5.41) is 11.1. The summed E-state index contributed by atoms with van der Waals surface area (Å²) in [5.74, 6) is 1.63. The number of pyridine rings is 1. The minimum absolute atomic E-state index is 0. The quantitative estimate of drug-likeness (QED) is 0.247. The van der Waals surface area contributed by atoms with Crippen LogP contribution in [-0.4, -0.2) is 47.5 Å². The monoisotopic (exact) mass is 486 g/mol. The lowest BCUT2D eigenvalue weighted by molar-refractivity contribution is 0.143. The molecule has 2 N–H and O–H groups in total. The first-order valence-corrected chi connectivity index (χ1v) is 9.15. The lowest BCUT2D eigenvalue weighted by atomic mass is 10.3. The van der Waals surface area contributed by atoms with E-state index >= 15 is 0 Å². The zero-order valence-corrected chi connectivity index (χ0v) is 19.0. The van der Waals surface area contributed by atoms with Crippen molar-refractivity contribution in [2.45, 2.75) is 40.2 Å². The second kappa shape index (κ2) is 12.7. The van der Waals surface area contributed by atoms with Gasteiger partial charge in [-0.1, -0.05) is 6.07 Å².